The molecule has 1 aromatic rings. The number of halogens is 3. The molecule has 1 aromatic carbocycles. The molecular weight excluding hydrogens is 288 g/mol. The molecule has 2 atom stereocenters. The van der Waals surface area contributed by atoms with E-state index >= 15 is 0 Å². The van der Waals surface area contributed by atoms with Crippen LogP contribution in [0.5, 0.6) is 0 Å². The lowest BCUT2D eigenvalue weighted by atomic mass is 10.1. The molecule has 1 saturated carbocycles. The Kier molecular flexibility index (Phi) is 3.67. The van der Waals surface area contributed by atoms with Crippen molar-refractivity contribution in [3.05, 3.63) is 34.6 Å². The third-order valence-electron chi connectivity index (χ3n) is 2.98. The van der Waals surface area contributed by atoms with E-state index < -0.39 is 29.2 Å². The molecule has 2 rings (SSSR count). The molecular formula is C14H16ClF2NO2. The largest absolute Gasteiger partial charge is 0.444 e. The summed E-state index contributed by atoms with van der Waals surface area (Å²) >= 11 is 5.56. The van der Waals surface area contributed by atoms with E-state index in [4.69, 9.17) is 16.3 Å². The zero-order valence-electron chi connectivity index (χ0n) is 11.5. The normalized spacial score (nSPS) is 25.2. The number of rotatable bonds is 2. The van der Waals surface area contributed by atoms with Gasteiger partial charge in [0.05, 0.1) is 11.1 Å². The van der Waals surface area contributed by atoms with Crippen molar-refractivity contribution in [1.29, 1.82) is 0 Å². The molecule has 0 radical (unpaired) electrons. The monoisotopic (exact) mass is 303 g/mol. The second-order valence-electron chi connectivity index (χ2n) is 5.89. The molecule has 0 saturated heterocycles. The van der Waals surface area contributed by atoms with E-state index in [0.29, 0.717) is 0 Å². The van der Waals surface area contributed by atoms with Gasteiger partial charge in [-0.2, -0.15) is 0 Å². The van der Waals surface area contributed by atoms with Gasteiger partial charge in [0.1, 0.15) is 11.4 Å². The minimum absolute atomic E-state index is 0.0605. The quantitative estimate of drug-likeness (QED) is 0.898. The maximum atomic E-state index is 14.5. The SMILES string of the molecule is CC(C)(C)OC(=O)N[C@@H]1C[C@@]1(F)c1ccc(Cl)c(F)c1. The minimum atomic E-state index is -1.76. The second kappa shape index (κ2) is 4.88. The van der Waals surface area contributed by atoms with Crippen molar-refractivity contribution in [2.75, 3.05) is 0 Å². The summed E-state index contributed by atoms with van der Waals surface area (Å²) in [5, 5.41) is 2.38. The maximum Gasteiger partial charge on any atom is 0.407 e. The number of alkyl carbamates (subject to hydrolysis) is 1. The van der Waals surface area contributed by atoms with Crippen LogP contribution in [0.2, 0.25) is 5.02 Å². The first-order chi connectivity index (χ1) is 9.12. The zero-order chi connectivity index (χ0) is 15.1. The molecule has 110 valence electrons. The number of benzene rings is 1. The van der Waals surface area contributed by atoms with Gasteiger partial charge in [0.15, 0.2) is 5.67 Å². The first-order valence-electron chi connectivity index (χ1n) is 6.26. The van der Waals surface area contributed by atoms with Gasteiger partial charge in [-0.25, -0.2) is 13.6 Å². The van der Waals surface area contributed by atoms with Crippen molar-refractivity contribution in [3.63, 3.8) is 0 Å². The molecule has 0 aliphatic heterocycles. The zero-order valence-corrected chi connectivity index (χ0v) is 12.2. The Morgan fingerprint density at radius 3 is 2.70 bits per heavy atom. The van der Waals surface area contributed by atoms with Crippen LogP contribution in [0, 0.1) is 5.82 Å². The van der Waals surface area contributed by atoms with Gasteiger partial charge in [0.25, 0.3) is 0 Å². The van der Waals surface area contributed by atoms with Crippen molar-refractivity contribution < 1.29 is 18.3 Å². The van der Waals surface area contributed by atoms with Crippen LogP contribution in [0.15, 0.2) is 18.2 Å². The number of nitrogens with one attached hydrogen (secondary N) is 1. The molecule has 0 heterocycles. The van der Waals surface area contributed by atoms with Crippen LogP contribution < -0.4 is 5.32 Å². The molecule has 1 fully saturated rings. The Hall–Kier alpha value is -1.36. The molecule has 1 aliphatic carbocycles. The molecule has 20 heavy (non-hydrogen) atoms. The Morgan fingerprint density at radius 2 is 2.15 bits per heavy atom. The number of amides is 1. The fourth-order valence-electron chi connectivity index (χ4n) is 1.93. The van der Waals surface area contributed by atoms with Crippen LogP contribution in [-0.2, 0) is 10.4 Å². The van der Waals surface area contributed by atoms with Gasteiger partial charge in [-0.3, -0.25) is 0 Å². The van der Waals surface area contributed by atoms with Gasteiger partial charge < -0.3 is 10.1 Å². The van der Waals surface area contributed by atoms with Crippen LogP contribution in [0.25, 0.3) is 0 Å². The standard InChI is InChI=1S/C14H16ClF2NO2/c1-13(2,3)20-12(19)18-11-7-14(11,17)8-4-5-9(15)10(16)6-8/h4-6,11H,7H2,1-3H3,(H,18,19)/t11-,14-/m1/s1. The van der Waals surface area contributed by atoms with Crippen LogP contribution >= 0.6 is 11.6 Å². The molecule has 0 bridgehead atoms. The van der Waals surface area contributed by atoms with Gasteiger partial charge in [-0.05, 0) is 38.5 Å². The van der Waals surface area contributed by atoms with Gasteiger partial charge >= 0.3 is 6.09 Å². The highest BCUT2D eigenvalue weighted by Crippen LogP contribution is 2.50. The number of hydrogen-bond donors (Lipinski definition) is 1. The van der Waals surface area contributed by atoms with Crippen LogP contribution in [0.4, 0.5) is 13.6 Å². The van der Waals surface area contributed by atoms with E-state index in [1.165, 1.54) is 12.1 Å². The van der Waals surface area contributed by atoms with Crippen LogP contribution in [0.3, 0.4) is 0 Å². The van der Waals surface area contributed by atoms with Crippen molar-refractivity contribution in [2.24, 2.45) is 0 Å². The van der Waals surface area contributed by atoms with E-state index in [0.717, 1.165) is 6.07 Å². The molecule has 0 spiro atoms. The summed E-state index contributed by atoms with van der Waals surface area (Å²) in [4.78, 5) is 11.6. The summed E-state index contributed by atoms with van der Waals surface area (Å²) in [5.74, 6) is -0.677. The lowest BCUT2D eigenvalue weighted by molar-refractivity contribution is 0.0511. The smallest absolute Gasteiger partial charge is 0.407 e. The topological polar surface area (TPSA) is 38.3 Å². The average Bonchev–Trinajstić information content (AvgIpc) is 2.91. The second-order valence-corrected chi connectivity index (χ2v) is 6.30. The fourth-order valence-corrected chi connectivity index (χ4v) is 2.04. The average molecular weight is 304 g/mol. The number of carbonyl (C=O) groups excluding carboxylic acids is 1. The van der Waals surface area contributed by atoms with Gasteiger partial charge in [0.2, 0.25) is 0 Å². The van der Waals surface area contributed by atoms with Crippen molar-refractivity contribution in [3.8, 4) is 0 Å². The summed E-state index contributed by atoms with van der Waals surface area (Å²) < 4.78 is 32.9. The number of ether oxygens (including phenoxy) is 1. The summed E-state index contributed by atoms with van der Waals surface area (Å²) in [7, 11) is 0. The maximum absolute atomic E-state index is 14.5. The third kappa shape index (κ3) is 3.20. The number of carbonyl (C=O) groups is 1. The van der Waals surface area contributed by atoms with E-state index in [-0.39, 0.29) is 17.0 Å². The van der Waals surface area contributed by atoms with Crippen molar-refractivity contribution >= 4 is 17.7 Å². The Labute approximate surface area is 121 Å². The van der Waals surface area contributed by atoms with E-state index in [9.17, 15) is 13.6 Å². The highest BCUT2D eigenvalue weighted by molar-refractivity contribution is 6.30. The Balaban J connectivity index is 2.02. The lowest BCUT2D eigenvalue weighted by Crippen LogP contribution is -2.35. The molecule has 1 N–H and O–H groups in total. The van der Waals surface area contributed by atoms with Gasteiger partial charge in [-0.1, -0.05) is 17.7 Å². The predicted molar refractivity (Wildman–Crippen MR) is 72.0 cm³/mol. The fraction of sp³-hybridized carbons (Fsp3) is 0.500. The van der Waals surface area contributed by atoms with Gasteiger partial charge in [-0.15, -0.1) is 0 Å². The van der Waals surface area contributed by atoms with Gasteiger partial charge in [0, 0.05) is 6.42 Å². The Bertz CT molecular complexity index is 544. The molecule has 0 unspecified atom stereocenters. The van der Waals surface area contributed by atoms with Crippen LogP contribution in [0.1, 0.15) is 32.8 Å². The van der Waals surface area contributed by atoms with E-state index in [1.54, 1.807) is 20.8 Å². The molecule has 1 amide bonds. The molecule has 6 heteroatoms. The molecule has 1 aliphatic rings. The van der Waals surface area contributed by atoms with Crippen LogP contribution in [-0.4, -0.2) is 17.7 Å². The lowest BCUT2D eigenvalue weighted by Gasteiger charge is -2.20. The van der Waals surface area contributed by atoms with Crippen molar-refractivity contribution in [2.45, 2.75) is 44.5 Å². The summed E-state index contributed by atoms with van der Waals surface area (Å²) in [6.07, 6.45) is -0.593. The number of hydrogen-bond acceptors (Lipinski definition) is 2. The summed E-state index contributed by atoms with van der Waals surface area (Å²) in [6.45, 7) is 5.16. The summed E-state index contributed by atoms with van der Waals surface area (Å²) in [5.41, 5.74) is -2.24. The predicted octanol–water partition coefficient (Wildman–Crippen LogP) is 3.94. The Morgan fingerprint density at radius 1 is 1.50 bits per heavy atom. The van der Waals surface area contributed by atoms with E-state index in [2.05, 4.69) is 5.32 Å². The first kappa shape index (κ1) is 15.0. The van der Waals surface area contributed by atoms with E-state index in [1.807, 2.05) is 0 Å². The van der Waals surface area contributed by atoms with Crippen molar-refractivity contribution in [1.82, 2.24) is 5.32 Å². The summed E-state index contributed by atoms with van der Waals surface area (Å²) in [6, 6.07) is 3.07. The molecule has 0 aromatic heterocycles. The minimum Gasteiger partial charge on any atom is -0.444 e. The number of alkyl halides is 1. The highest BCUT2D eigenvalue weighted by Gasteiger charge is 2.58. The molecule has 3 nitrogen and oxygen atoms in total. The first-order valence-corrected chi connectivity index (χ1v) is 6.63. The highest BCUT2D eigenvalue weighted by atomic mass is 35.5. The third-order valence-corrected chi connectivity index (χ3v) is 3.29.